The van der Waals surface area contributed by atoms with E-state index in [4.69, 9.17) is 11.1 Å². The van der Waals surface area contributed by atoms with E-state index in [1.807, 2.05) is 0 Å². The van der Waals surface area contributed by atoms with Gasteiger partial charge in [-0.1, -0.05) is 0 Å². The summed E-state index contributed by atoms with van der Waals surface area (Å²) in [6.07, 6.45) is 0. The third kappa shape index (κ3) is 895. The van der Waals surface area contributed by atoms with E-state index in [1.54, 1.807) is 4.91 Å². The summed E-state index contributed by atoms with van der Waals surface area (Å²) in [6, 6.07) is 0. The molecule has 0 bridgehead atoms. The average Bonchev–Trinajstić information content (AvgIpc) is 0.918. The summed E-state index contributed by atoms with van der Waals surface area (Å²) in [4.78, 5) is 1.75. The summed E-state index contributed by atoms with van der Waals surface area (Å²) in [7, 11) is 0. The van der Waals surface area contributed by atoms with Crippen LogP contribution in [0.25, 0.3) is 10.4 Å². The Morgan fingerprint density at radius 3 is 1.75 bits per heavy atom. The zero-order valence-corrected chi connectivity index (χ0v) is 5.06. The molecule has 0 aliphatic carbocycles. The van der Waals surface area contributed by atoms with Crippen LogP contribution in [0.3, 0.4) is 0 Å². The van der Waals surface area contributed by atoms with Gasteiger partial charge in [0.2, 0.25) is 0 Å². The number of nitrogens with zero attached hydrogens (tertiary/aromatic N) is 2. The average molecular weight is 224 g/mol. The van der Waals surface area contributed by atoms with Crippen LogP contribution >= 0.6 is 0 Å². The van der Waals surface area contributed by atoms with Crippen LogP contribution in [0.1, 0.15) is 0 Å². The van der Waals surface area contributed by atoms with E-state index in [2.05, 4.69) is 0 Å². The largest absolute Gasteiger partial charge is 0.108 e. The fourth-order valence-electron chi connectivity index (χ4n) is 0. The minimum Gasteiger partial charge on any atom is -0.108 e. The van der Waals surface area contributed by atoms with Gasteiger partial charge in [-0.15, -0.1) is 5.53 Å². The van der Waals surface area contributed by atoms with Gasteiger partial charge < -0.3 is 0 Å². The SMILES string of the molecule is [N-]=[N+]=N.[Ta]. The molecule has 0 unspecified atom stereocenters. The van der Waals surface area contributed by atoms with Gasteiger partial charge in [0.05, 0.1) is 0 Å². The molecule has 0 saturated carbocycles. The summed E-state index contributed by atoms with van der Waals surface area (Å²) < 4.78 is 0. The van der Waals surface area contributed by atoms with E-state index < -0.39 is 0 Å². The van der Waals surface area contributed by atoms with Crippen molar-refractivity contribution in [3.05, 3.63) is 10.4 Å². The summed E-state index contributed by atoms with van der Waals surface area (Å²) in [6.45, 7) is 0. The van der Waals surface area contributed by atoms with Gasteiger partial charge in [0, 0.05) is 22.4 Å². The molecular weight excluding hydrogens is 223 g/mol. The van der Waals surface area contributed by atoms with Crippen LogP contribution in [-0.2, 0) is 22.4 Å². The molecule has 1 N–H and O–H groups in total. The van der Waals surface area contributed by atoms with Crippen LogP contribution in [0.15, 0.2) is 0 Å². The van der Waals surface area contributed by atoms with Crippen LogP contribution in [0.4, 0.5) is 0 Å². The summed E-state index contributed by atoms with van der Waals surface area (Å²) in [5.74, 6) is 0. The Kier molecular flexibility index (Phi) is 26.1. The Bertz CT molecular complexity index is 24.3. The zero-order chi connectivity index (χ0) is 2.71. The summed E-state index contributed by atoms with van der Waals surface area (Å²) in [5, 5.41) is 0. The van der Waals surface area contributed by atoms with Crippen LogP contribution in [0.2, 0.25) is 0 Å². The van der Waals surface area contributed by atoms with E-state index in [9.17, 15) is 0 Å². The van der Waals surface area contributed by atoms with Crippen molar-refractivity contribution in [1.29, 1.82) is 5.53 Å². The number of hydrogen-bond acceptors (Lipinski definition) is 1. The second-order valence-electron chi connectivity index (χ2n) is 0.100. The molecule has 0 rings (SSSR count). The standard InChI is InChI=1S/HN3.Ta/c1-3-2;/h1H;. The van der Waals surface area contributed by atoms with Gasteiger partial charge in [0.1, 0.15) is 0 Å². The molecule has 4 heavy (non-hydrogen) atoms. The van der Waals surface area contributed by atoms with Crippen molar-refractivity contribution in [1.82, 2.24) is 0 Å². The third-order valence-electron chi connectivity index (χ3n) is 0. The van der Waals surface area contributed by atoms with Crippen molar-refractivity contribution in [3.63, 3.8) is 0 Å². The first-order valence-corrected chi connectivity index (χ1v) is 0.424. The summed E-state index contributed by atoms with van der Waals surface area (Å²) >= 11 is 0. The second-order valence-corrected chi connectivity index (χ2v) is 0.100. The molecule has 0 heterocycles. The van der Waals surface area contributed by atoms with Crippen molar-refractivity contribution < 1.29 is 22.4 Å². The molecule has 0 aliphatic rings. The topological polar surface area (TPSA) is 60.3 Å². The molecule has 0 atom stereocenters. The van der Waals surface area contributed by atoms with E-state index in [1.165, 1.54) is 0 Å². The normalized spacial score (nSPS) is 2.00. The minimum absolute atomic E-state index is 0. The molecule has 0 fully saturated rings. The molecule has 1 radical (unpaired) electrons. The van der Waals surface area contributed by atoms with Gasteiger partial charge in [-0.3, -0.25) is 0 Å². The predicted octanol–water partition coefficient (Wildman–Crippen LogP) is 0.873. The molecule has 21 valence electrons. The number of rotatable bonds is 0. The Balaban J connectivity index is 0. The van der Waals surface area contributed by atoms with Gasteiger partial charge in [-0.2, -0.15) is 0 Å². The Hall–Kier alpha value is 0.0503. The molecule has 0 aliphatic heterocycles. The van der Waals surface area contributed by atoms with E-state index in [0.717, 1.165) is 0 Å². The number of hydrogen-bond donors (Lipinski definition) is 1. The van der Waals surface area contributed by atoms with Crippen LogP contribution in [0.5, 0.6) is 0 Å². The fraction of sp³-hybridized carbons (Fsp3) is 0. The molecule has 0 aromatic heterocycles. The molecule has 0 spiro atoms. The maximum absolute atomic E-state index is 6.86. The minimum atomic E-state index is 0. The first-order valence-electron chi connectivity index (χ1n) is 0.424. The molecule has 3 nitrogen and oxygen atoms in total. The third-order valence-corrected chi connectivity index (χ3v) is 0. The molecule has 0 aromatic carbocycles. The predicted molar refractivity (Wildman–Crippen MR) is 9.44 cm³/mol. The first-order chi connectivity index (χ1) is 1.41. The fourth-order valence-corrected chi connectivity index (χ4v) is 0. The van der Waals surface area contributed by atoms with Gasteiger partial charge in [0.25, 0.3) is 0 Å². The molecule has 0 aromatic rings. The first kappa shape index (κ1) is 8.96. The Labute approximate surface area is 38.9 Å². The van der Waals surface area contributed by atoms with Crippen molar-refractivity contribution in [2.24, 2.45) is 0 Å². The molecule has 4 heteroatoms. The van der Waals surface area contributed by atoms with Gasteiger partial charge in [-0.25, -0.2) is 0 Å². The zero-order valence-electron chi connectivity index (χ0n) is 1.84. The second kappa shape index (κ2) is 11.6. The van der Waals surface area contributed by atoms with E-state index in [-0.39, 0.29) is 22.4 Å². The van der Waals surface area contributed by atoms with Crippen molar-refractivity contribution in [3.8, 4) is 0 Å². The van der Waals surface area contributed by atoms with Crippen molar-refractivity contribution >= 4 is 0 Å². The maximum Gasteiger partial charge on any atom is 0 e. The van der Waals surface area contributed by atoms with Gasteiger partial charge in [0.15, 0.2) is 0 Å². The van der Waals surface area contributed by atoms with Crippen molar-refractivity contribution in [2.45, 2.75) is 0 Å². The van der Waals surface area contributed by atoms with Crippen LogP contribution < -0.4 is 0 Å². The Morgan fingerprint density at radius 1 is 1.75 bits per heavy atom. The maximum atomic E-state index is 6.86. The quantitative estimate of drug-likeness (QED) is 0.360. The van der Waals surface area contributed by atoms with Gasteiger partial charge in [-0.05, 0) is 10.4 Å². The summed E-state index contributed by atoms with van der Waals surface area (Å²) in [5.41, 5.74) is 12.2. The molecule has 0 saturated heterocycles. The van der Waals surface area contributed by atoms with Crippen LogP contribution in [0, 0.1) is 5.53 Å². The molecular formula is HN3Ta. The monoisotopic (exact) mass is 224 g/mol. The number of nitrogens with one attached hydrogen (secondary N) is 1. The molecule has 0 amide bonds. The smallest absolute Gasteiger partial charge is 0 e. The van der Waals surface area contributed by atoms with Crippen molar-refractivity contribution in [2.75, 3.05) is 0 Å². The van der Waals surface area contributed by atoms with E-state index >= 15 is 0 Å². The van der Waals surface area contributed by atoms with Crippen LogP contribution in [-0.4, -0.2) is 0 Å². The van der Waals surface area contributed by atoms with E-state index in [0.29, 0.717) is 0 Å². The van der Waals surface area contributed by atoms with Gasteiger partial charge >= 0.3 is 0 Å². The Morgan fingerprint density at radius 2 is 1.75 bits per heavy atom.